The number of carboxylic acids is 1. The maximum Gasteiger partial charge on any atom is 0.417 e. The van der Waals surface area contributed by atoms with Crippen LogP contribution < -0.4 is 4.74 Å². The molecule has 0 radical (unpaired) electrons. The summed E-state index contributed by atoms with van der Waals surface area (Å²) < 4.78 is 50.8. The normalized spacial score (nSPS) is 11.5. The molecule has 1 heterocycles. The van der Waals surface area contributed by atoms with Gasteiger partial charge >= 0.3 is 18.1 Å². The van der Waals surface area contributed by atoms with Crippen LogP contribution in [0.3, 0.4) is 0 Å². The van der Waals surface area contributed by atoms with Crippen LogP contribution in [0.2, 0.25) is 0 Å². The van der Waals surface area contributed by atoms with Crippen LogP contribution in [0.25, 0.3) is 10.9 Å². The first-order chi connectivity index (χ1) is 11.1. The molecule has 130 valence electrons. The van der Waals surface area contributed by atoms with E-state index in [0.29, 0.717) is 6.07 Å². The minimum absolute atomic E-state index is 0.0484. The largest absolute Gasteiger partial charge is 0.482 e. The highest BCUT2D eigenvalue weighted by Crippen LogP contribution is 2.38. The highest BCUT2D eigenvalue weighted by atomic mass is 19.4. The molecule has 9 heteroatoms. The van der Waals surface area contributed by atoms with E-state index >= 15 is 0 Å². The van der Waals surface area contributed by atoms with Crippen LogP contribution in [-0.4, -0.2) is 34.8 Å². The van der Waals surface area contributed by atoms with Crippen molar-refractivity contribution in [3.63, 3.8) is 0 Å². The van der Waals surface area contributed by atoms with E-state index in [9.17, 15) is 22.8 Å². The number of aryl methyl sites for hydroxylation is 1. The molecule has 0 amide bonds. The number of aromatic nitrogens is 1. The summed E-state index contributed by atoms with van der Waals surface area (Å²) in [6, 6.07) is 3.05. The van der Waals surface area contributed by atoms with Crippen molar-refractivity contribution in [2.75, 3.05) is 13.2 Å². The van der Waals surface area contributed by atoms with E-state index in [4.69, 9.17) is 14.6 Å². The van der Waals surface area contributed by atoms with Crippen molar-refractivity contribution in [1.82, 2.24) is 4.57 Å². The number of esters is 1. The summed E-state index contributed by atoms with van der Waals surface area (Å²) in [5.41, 5.74) is -0.993. The Balaban J connectivity index is 2.64. The van der Waals surface area contributed by atoms with Gasteiger partial charge in [0.05, 0.1) is 17.7 Å². The van der Waals surface area contributed by atoms with Gasteiger partial charge in [0.1, 0.15) is 11.4 Å². The first-order valence-electron chi connectivity index (χ1n) is 6.87. The Hall–Kier alpha value is -2.71. The van der Waals surface area contributed by atoms with Gasteiger partial charge in [0.25, 0.3) is 0 Å². The lowest BCUT2D eigenvalue weighted by Crippen LogP contribution is -2.11. The number of halogens is 3. The third-order valence-electron chi connectivity index (χ3n) is 3.29. The van der Waals surface area contributed by atoms with E-state index in [1.54, 1.807) is 6.92 Å². The molecule has 0 aliphatic heterocycles. The van der Waals surface area contributed by atoms with Crippen LogP contribution in [0, 0.1) is 0 Å². The molecule has 0 saturated carbocycles. The third kappa shape index (κ3) is 3.44. The predicted molar refractivity (Wildman–Crippen MR) is 77.0 cm³/mol. The molecule has 1 aromatic heterocycles. The fraction of sp³-hybridized carbons (Fsp3) is 0.333. The van der Waals surface area contributed by atoms with Crippen LogP contribution in [0.1, 0.15) is 23.0 Å². The standard InChI is InChI=1S/C15H14F3NO5/c1-3-23-14(22)12-6-9-10(15(16,17)18)4-8(24-7-13(20)21)5-11(9)19(12)2/h4-6H,3,7H2,1-2H3,(H,20,21). The van der Waals surface area contributed by atoms with Crippen LogP contribution in [0.15, 0.2) is 18.2 Å². The Kier molecular flexibility index (Phi) is 4.72. The number of benzene rings is 1. The molecule has 1 aromatic carbocycles. The molecule has 0 aliphatic rings. The number of carbonyl (C=O) groups is 2. The average Bonchev–Trinajstić information content (AvgIpc) is 2.81. The number of aliphatic carboxylic acids is 1. The molecule has 0 fully saturated rings. The molecule has 6 nitrogen and oxygen atoms in total. The lowest BCUT2D eigenvalue weighted by atomic mass is 10.1. The Morgan fingerprint density at radius 3 is 2.46 bits per heavy atom. The summed E-state index contributed by atoms with van der Waals surface area (Å²) in [4.78, 5) is 22.4. The predicted octanol–water partition coefficient (Wildman–Crippen LogP) is 2.84. The zero-order valence-corrected chi connectivity index (χ0v) is 12.8. The molecule has 1 N–H and O–H groups in total. The number of hydrogen-bond acceptors (Lipinski definition) is 4. The van der Waals surface area contributed by atoms with Gasteiger partial charge in [0, 0.05) is 18.5 Å². The number of ether oxygens (including phenoxy) is 2. The Bertz CT molecular complexity index is 794. The minimum atomic E-state index is -4.70. The van der Waals surface area contributed by atoms with Gasteiger partial charge in [-0.25, -0.2) is 9.59 Å². The Morgan fingerprint density at radius 2 is 1.92 bits per heavy atom. The van der Waals surface area contributed by atoms with E-state index in [1.807, 2.05) is 0 Å². The second kappa shape index (κ2) is 6.42. The van der Waals surface area contributed by atoms with Gasteiger partial charge in [-0.05, 0) is 19.1 Å². The lowest BCUT2D eigenvalue weighted by molar-refractivity contribution is -0.139. The number of fused-ring (bicyclic) bond motifs is 1. The van der Waals surface area contributed by atoms with Gasteiger partial charge in [0.2, 0.25) is 0 Å². The van der Waals surface area contributed by atoms with Crippen molar-refractivity contribution in [2.24, 2.45) is 7.05 Å². The van der Waals surface area contributed by atoms with Crippen molar-refractivity contribution >= 4 is 22.8 Å². The number of rotatable bonds is 5. The van der Waals surface area contributed by atoms with Crippen LogP contribution >= 0.6 is 0 Å². The molecule has 0 bridgehead atoms. The maximum absolute atomic E-state index is 13.3. The van der Waals surface area contributed by atoms with Gasteiger partial charge in [-0.3, -0.25) is 0 Å². The number of carbonyl (C=O) groups excluding carboxylic acids is 1. The highest BCUT2D eigenvalue weighted by molar-refractivity contribution is 5.97. The van der Waals surface area contributed by atoms with E-state index in [2.05, 4.69) is 0 Å². The molecule has 2 aromatic rings. The molecule has 0 spiro atoms. The van der Waals surface area contributed by atoms with E-state index in [0.717, 1.165) is 6.07 Å². The van der Waals surface area contributed by atoms with Gasteiger partial charge in [0.15, 0.2) is 6.61 Å². The Labute approximate surface area is 134 Å². The SMILES string of the molecule is CCOC(=O)c1cc2c(C(F)(F)F)cc(OCC(=O)O)cc2n1C. The van der Waals surface area contributed by atoms with Gasteiger partial charge in [-0.15, -0.1) is 0 Å². The van der Waals surface area contributed by atoms with Crippen molar-refractivity contribution < 1.29 is 37.3 Å². The summed E-state index contributed by atoms with van der Waals surface area (Å²) >= 11 is 0. The first kappa shape index (κ1) is 17.6. The smallest absolute Gasteiger partial charge is 0.417 e. The Morgan fingerprint density at radius 1 is 1.25 bits per heavy atom. The summed E-state index contributed by atoms with van der Waals surface area (Å²) in [5, 5.41) is 8.40. The molecule has 0 atom stereocenters. The molecular formula is C15H14F3NO5. The average molecular weight is 345 g/mol. The van der Waals surface area contributed by atoms with E-state index in [1.165, 1.54) is 17.7 Å². The number of alkyl halides is 3. The van der Waals surface area contributed by atoms with Crippen molar-refractivity contribution in [3.8, 4) is 5.75 Å². The third-order valence-corrected chi connectivity index (χ3v) is 3.29. The van der Waals surface area contributed by atoms with Crippen LogP contribution in [-0.2, 0) is 22.8 Å². The van der Waals surface area contributed by atoms with Gasteiger partial charge < -0.3 is 19.1 Å². The highest BCUT2D eigenvalue weighted by Gasteiger charge is 2.35. The van der Waals surface area contributed by atoms with Crippen LogP contribution in [0.4, 0.5) is 13.2 Å². The topological polar surface area (TPSA) is 77.8 Å². The molecule has 0 aliphatic carbocycles. The van der Waals surface area contributed by atoms with Gasteiger partial charge in [-0.1, -0.05) is 0 Å². The number of carboxylic acid groups (broad SMARTS) is 1. The number of hydrogen-bond donors (Lipinski definition) is 1. The van der Waals surface area contributed by atoms with E-state index in [-0.39, 0.29) is 29.0 Å². The fourth-order valence-electron chi connectivity index (χ4n) is 2.27. The molecule has 24 heavy (non-hydrogen) atoms. The second-order valence-corrected chi connectivity index (χ2v) is 4.89. The minimum Gasteiger partial charge on any atom is -0.482 e. The van der Waals surface area contributed by atoms with Crippen molar-refractivity contribution in [2.45, 2.75) is 13.1 Å². The maximum atomic E-state index is 13.3. The summed E-state index contributed by atoms with van der Waals surface area (Å²) in [7, 11) is 1.41. The molecular weight excluding hydrogens is 331 g/mol. The molecule has 2 rings (SSSR count). The number of nitrogens with zero attached hydrogens (tertiary/aromatic N) is 1. The van der Waals surface area contributed by atoms with Crippen molar-refractivity contribution in [3.05, 3.63) is 29.5 Å². The first-order valence-corrected chi connectivity index (χ1v) is 6.87. The monoisotopic (exact) mass is 345 g/mol. The second-order valence-electron chi connectivity index (χ2n) is 4.89. The quantitative estimate of drug-likeness (QED) is 0.843. The van der Waals surface area contributed by atoms with Gasteiger partial charge in [-0.2, -0.15) is 13.2 Å². The zero-order chi connectivity index (χ0) is 18.1. The lowest BCUT2D eigenvalue weighted by Gasteiger charge is -2.12. The fourth-order valence-corrected chi connectivity index (χ4v) is 2.27. The van der Waals surface area contributed by atoms with Crippen LogP contribution in [0.5, 0.6) is 5.75 Å². The molecule has 0 saturated heterocycles. The zero-order valence-electron chi connectivity index (χ0n) is 12.8. The summed E-state index contributed by atoms with van der Waals surface area (Å²) in [5.74, 6) is -2.33. The molecule has 0 unspecified atom stereocenters. The summed E-state index contributed by atoms with van der Waals surface area (Å²) in [6.07, 6.45) is -4.70. The van der Waals surface area contributed by atoms with E-state index < -0.39 is 30.3 Å². The summed E-state index contributed by atoms with van der Waals surface area (Å²) in [6.45, 7) is 0.886. The van der Waals surface area contributed by atoms with Crippen molar-refractivity contribution in [1.29, 1.82) is 0 Å².